The molecule has 7 nitrogen and oxygen atoms in total. The first kappa shape index (κ1) is 23.9. The molecule has 0 aliphatic carbocycles. The molecule has 0 atom stereocenters. The van der Waals surface area contributed by atoms with Crippen molar-refractivity contribution in [1.29, 1.82) is 0 Å². The summed E-state index contributed by atoms with van der Waals surface area (Å²) in [6, 6.07) is 8.58. The molecule has 0 unspecified atom stereocenters. The molecule has 0 aliphatic heterocycles. The van der Waals surface area contributed by atoms with E-state index in [9.17, 15) is 0 Å². The molecule has 0 fully saturated rings. The van der Waals surface area contributed by atoms with E-state index in [0.717, 1.165) is 37.2 Å². The van der Waals surface area contributed by atoms with Gasteiger partial charge in [-0.15, -0.1) is 40.8 Å². The van der Waals surface area contributed by atoms with Gasteiger partial charge in [0.2, 0.25) is 0 Å². The van der Waals surface area contributed by atoms with Gasteiger partial charge in [-0.3, -0.25) is 0 Å². The largest absolute Gasteiger partial charge is 0.370 e. The minimum atomic E-state index is 0. The second kappa shape index (κ2) is 12.4. The zero-order valence-corrected chi connectivity index (χ0v) is 19.6. The summed E-state index contributed by atoms with van der Waals surface area (Å²) in [6.07, 6.45) is 1.81. The average Bonchev–Trinajstić information content (AvgIpc) is 2.98. The second-order valence-electron chi connectivity index (χ2n) is 6.40. The Morgan fingerprint density at radius 1 is 1.29 bits per heavy atom. The zero-order valence-electron chi connectivity index (χ0n) is 17.3. The summed E-state index contributed by atoms with van der Waals surface area (Å²) in [5.74, 6) is 2.46. The summed E-state index contributed by atoms with van der Waals surface area (Å²) in [6.45, 7) is 13.7. The number of aliphatic imine (C=N–C) groups is 1. The molecule has 0 bridgehead atoms. The summed E-state index contributed by atoms with van der Waals surface area (Å²) in [4.78, 5) is 6.96. The third-order valence-corrected chi connectivity index (χ3v) is 4.40. The predicted molar refractivity (Wildman–Crippen MR) is 128 cm³/mol. The third kappa shape index (κ3) is 7.14. The zero-order chi connectivity index (χ0) is 19.6. The van der Waals surface area contributed by atoms with E-state index in [1.165, 1.54) is 11.3 Å². The normalized spacial score (nSPS) is 10.9. The highest BCUT2D eigenvalue weighted by Gasteiger charge is 2.07. The average molecular weight is 497 g/mol. The fourth-order valence-electron chi connectivity index (χ4n) is 2.69. The Balaban J connectivity index is 0.00000392. The van der Waals surface area contributed by atoms with Crippen LogP contribution in [-0.2, 0) is 13.6 Å². The van der Waals surface area contributed by atoms with Crippen LogP contribution < -0.4 is 15.5 Å². The molecule has 154 valence electrons. The van der Waals surface area contributed by atoms with E-state index in [-0.39, 0.29) is 24.0 Å². The molecule has 1 aromatic carbocycles. The van der Waals surface area contributed by atoms with Crippen molar-refractivity contribution >= 4 is 35.6 Å². The van der Waals surface area contributed by atoms with Gasteiger partial charge in [0, 0.05) is 38.9 Å². The maximum absolute atomic E-state index is 4.62. The number of nitrogens with one attached hydrogen (secondary N) is 2. The van der Waals surface area contributed by atoms with Crippen molar-refractivity contribution in [2.75, 3.05) is 31.1 Å². The van der Waals surface area contributed by atoms with E-state index in [1.54, 1.807) is 0 Å². The van der Waals surface area contributed by atoms with Gasteiger partial charge in [0.05, 0.1) is 0 Å². The Morgan fingerprint density at radius 3 is 2.68 bits per heavy atom. The molecule has 1 heterocycles. The van der Waals surface area contributed by atoms with Crippen LogP contribution >= 0.6 is 24.0 Å². The van der Waals surface area contributed by atoms with Crippen LogP contribution in [0, 0.1) is 13.8 Å². The first-order chi connectivity index (χ1) is 13.0. The van der Waals surface area contributed by atoms with E-state index >= 15 is 0 Å². The van der Waals surface area contributed by atoms with Crippen LogP contribution in [0.5, 0.6) is 0 Å². The fraction of sp³-hybridized carbons (Fsp3) is 0.450. The van der Waals surface area contributed by atoms with Gasteiger partial charge in [-0.05, 0) is 38.5 Å². The molecule has 2 aromatic rings. The lowest BCUT2D eigenvalue weighted by atomic mass is 10.2. The summed E-state index contributed by atoms with van der Waals surface area (Å²) in [7, 11) is 1.95. The van der Waals surface area contributed by atoms with Gasteiger partial charge >= 0.3 is 0 Å². The number of aryl methyl sites for hydroxylation is 2. The van der Waals surface area contributed by atoms with Gasteiger partial charge in [-0.1, -0.05) is 18.2 Å². The Bertz CT molecular complexity index is 770. The van der Waals surface area contributed by atoms with Crippen LogP contribution in [0.15, 0.2) is 41.9 Å². The summed E-state index contributed by atoms with van der Waals surface area (Å²) in [5, 5.41) is 14.9. The molecule has 0 aliphatic rings. The van der Waals surface area contributed by atoms with E-state index in [2.05, 4.69) is 75.4 Å². The number of anilines is 1. The van der Waals surface area contributed by atoms with Crippen molar-refractivity contribution in [2.24, 2.45) is 12.0 Å². The number of halogens is 1. The molecule has 2 N–H and O–H groups in total. The minimum Gasteiger partial charge on any atom is -0.370 e. The van der Waals surface area contributed by atoms with Crippen molar-refractivity contribution in [3.05, 3.63) is 54.1 Å². The second-order valence-corrected chi connectivity index (χ2v) is 6.40. The molecule has 0 amide bonds. The molecule has 0 spiro atoms. The maximum Gasteiger partial charge on any atom is 0.192 e. The van der Waals surface area contributed by atoms with Crippen LogP contribution in [0.4, 0.5) is 5.69 Å². The van der Waals surface area contributed by atoms with Crippen LogP contribution in [-0.4, -0.2) is 46.9 Å². The van der Waals surface area contributed by atoms with E-state index < -0.39 is 0 Å². The molecule has 1 aromatic heterocycles. The van der Waals surface area contributed by atoms with E-state index in [4.69, 9.17) is 0 Å². The molecule has 0 saturated heterocycles. The third-order valence-electron chi connectivity index (χ3n) is 4.40. The Labute approximate surface area is 185 Å². The highest BCUT2D eigenvalue weighted by molar-refractivity contribution is 14.0. The van der Waals surface area contributed by atoms with Gasteiger partial charge in [0.1, 0.15) is 12.4 Å². The van der Waals surface area contributed by atoms with E-state index in [1.807, 2.05) is 24.6 Å². The Hall–Kier alpha value is -2.10. The summed E-state index contributed by atoms with van der Waals surface area (Å²) < 4.78 is 1.95. The van der Waals surface area contributed by atoms with Crippen LogP contribution in [0.1, 0.15) is 24.1 Å². The Kier molecular flexibility index (Phi) is 10.6. The molecule has 0 saturated carbocycles. The highest BCUT2D eigenvalue weighted by atomic mass is 127. The lowest BCUT2D eigenvalue weighted by molar-refractivity contribution is 0.741. The number of aromatic nitrogens is 3. The number of hydrogen-bond acceptors (Lipinski definition) is 4. The number of guanidine groups is 1. The van der Waals surface area contributed by atoms with Gasteiger partial charge in [-0.25, -0.2) is 4.99 Å². The van der Waals surface area contributed by atoms with Gasteiger partial charge in [0.25, 0.3) is 0 Å². The van der Waals surface area contributed by atoms with Crippen LogP contribution in [0.2, 0.25) is 0 Å². The quantitative estimate of drug-likeness (QED) is 0.241. The molecule has 28 heavy (non-hydrogen) atoms. The number of benzene rings is 1. The number of nitrogens with zero attached hydrogens (tertiary/aromatic N) is 5. The monoisotopic (exact) mass is 497 g/mol. The van der Waals surface area contributed by atoms with Gasteiger partial charge < -0.3 is 20.1 Å². The lowest BCUT2D eigenvalue weighted by Crippen LogP contribution is -2.41. The van der Waals surface area contributed by atoms with Gasteiger partial charge in [0.15, 0.2) is 11.8 Å². The fourth-order valence-corrected chi connectivity index (χ4v) is 2.69. The lowest BCUT2D eigenvalue weighted by Gasteiger charge is -2.24. The van der Waals surface area contributed by atoms with Crippen molar-refractivity contribution in [3.8, 4) is 0 Å². The smallest absolute Gasteiger partial charge is 0.192 e. The standard InChI is InChI=1S/C20H31N7.HI/c1-6-11-21-20(23-15-19-25-24-17(4)26(19)5)22-12-13-27(7-2)18-10-8-9-16(3)14-18;/h6,8-10,14H,1,7,11-13,15H2,2-5H3,(H2,21,22,23);1H. The SMILES string of the molecule is C=CCNC(=NCc1nnc(C)n1C)NCCN(CC)c1cccc(C)c1.I. The van der Waals surface area contributed by atoms with Gasteiger partial charge in [-0.2, -0.15) is 0 Å². The summed E-state index contributed by atoms with van der Waals surface area (Å²) in [5.41, 5.74) is 2.51. The number of likely N-dealkylation sites (N-methyl/N-ethyl adjacent to an activating group) is 1. The van der Waals surface area contributed by atoms with Crippen molar-refractivity contribution in [3.63, 3.8) is 0 Å². The van der Waals surface area contributed by atoms with Crippen LogP contribution in [0.25, 0.3) is 0 Å². The van der Waals surface area contributed by atoms with Crippen LogP contribution in [0.3, 0.4) is 0 Å². The molecule has 2 rings (SSSR count). The highest BCUT2D eigenvalue weighted by Crippen LogP contribution is 2.14. The first-order valence-corrected chi connectivity index (χ1v) is 9.34. The topological polar surface area (TPSA) is 70.4 Å². The predicted octanol–water partition coefficient (Wildman–Crippen LogP) is 2.80. The van der Waals surface area contributed by atoms with Crippen molar-refractivity contribution in [2.45, 2.75) is 27.3 Å². The minimum absolute atomic E-state index is 0. The van der Waals surface area contributed by atoms with E-state index in [0.29, 0.717) is 13.1 Å². The molecular formula is C20H32IN7. The number of hydrogen-bond donors (Lipinski definition) is 2. The summed E-state index contributed by atoms with van der Waals surface area (Å²) >= 11 is 0. The molecule has 0 radical (unpaired) electrons. The Morgan fingerprint density at radius 2 is 2.07 bits per heavy atom. The van der Waals surface area contributed by atoms with Crippen molar-refractivity contribution in [1.82, 2.24) is 25.4 Å². The maximum atomic E-state index is 4.62. The molecule has 8 heteroatoms. The van der Waals surface area contributed by atoms with Crippen molar-refractivity contribution < 1.29 is 0 Å². The first-order valence-electron chi connectivity index (χ1n) is 9.34. The number of rotatable bonds is 9. The molecular weight excluding hydrogens is 465 g/mol.